The SMILES string of the molecule is COc1cc(NC(=O)CCN2C(=O)[C@@H]3CCCC[C@H]3C2=O)cc(OC)c1. The number of amides is 3. The third-order valence-corrected chi connectivity index (χ3v) is 5.13. The van der Waals surface area contributed by atoms with Crippen LogP contribution in [0.25, 0.3) is 0 Å². The molecule has 1 N–H and O–H groups in total. The standard InChI is InChI=1S/C19H24N2O5/c1-25-13-9-12(10-14(11-13)26-2)20-17(22)7-8-21-18(23)15-5-3-4-6-16(15)19(21)24/h9-11,15-16H,3-8H2,1-2H3,(H,20,22)/t15-,16-/m1/s1. The zero-order chi connectivity index (χ0) is 18.7. The molecule has 2 fully saturated rings. The number of benzene rings is 1. The summed E-state index contributed by atoms with van der Waals surface area (Å²) >= 11 is 0. The highest BCUT2D eigenvalue weighted by Gasteiger charge is 2.47. The van der Waals surface area contributed by atoms with Crippen LogP contribution in [0.1, 0.15) is 32.1 Å². The van der Waals surface area contributed by atoms with Gasteiger partial charge in [0, 0.05) is 36.9 Å². The molecule has 26 heavy (non-hydrogen) atoms. The van der Waals surface area contributed by atoms with Crippen molar-refractivity contribution in [1.82, 2.24) is 4.90 Å². The van der Waals surface area contributed by atoms with E-state index >= 15 is 0 Å². The van der Waals surface area contributed by atoms with Crippen molar-refractivity contribution in [2.45, 2.75) is 32.1 Å². The number of carbonyl (C=O) groups is 3. The Morgan fingerprint density at radius 1 is 1.04 bits per heavy atom. The number of likely N-dealkylation sites (tertiary alicyclic amines) is 1. The topological polar surface area (TPSA) is 84.9 Å². The van der Waals surface area contributed by atoms with Crippen LogP contribution < -0.4 is 14.8 Å². The number of hydrogen-bond acceptors (Lipinski definition) is 5. The lowest BCUT2D eigenvalue weighted by molar-refractivity contribution is -0.140. The number of carbonyl (C=O) groups excluding carboxylic acids is 3. The first-order chi connectivity index (χ1) is 12.5. The van der Waals surface area contributed by atoms with E-state index in [0.29, 0.717) is 17.2 Å². The van der Waals surface area contributed by atoms with Crippen LogP contribution in [0.4, 0.5) is 5.69 Å². The van der Waals surface area contributed by atoms with E-state index in [0.717, 1.165) is 25.7 Å². The summed E-state index contributed by atoms with van der Waals surface area (Å²) in [6.07, 6.45) is 3.61. The van der Waals surface area contributed by atoms with E-state index in [1.54, 1.807) is 18.2 Å². The summed E-state index contributed by atoms with van der Waals surface area (Å²) < 4.78 is 10.3. The van der Waals surface area contributed by atoms with E-state index in [9.17, 15) is 14.4 Å². The zero-order valence-electron chi connectivity index (χ0n) is 15.1. The molecule has 7 nitrogen and oxygen atoms in total. The Hall–Kier alpha value is -2.57. The molecule has 140 valence electrons. The van der Waals surface area contributed by atoms with E-state index in [1.165, 1.54) is 19.1 Å². The van der Waals surface area contributed by atoms with Crippen LogP contribution in [0.3, 0.4) is 0 Å². The van der Waals surface area contributed by atoms with Gasteiger partial charge in [0.05, 0.1) is 26.1 Å². The number of nitrogens with zero attached hydrogens (tertiary/aromatic N) is 1. The second-order valence-electron chi connectivity index (χ2n) is 6.73. The van der Waals surface area contributed by atoms with Gasteiger partial charge in [0.15, 0.2) is 0 Å². The summed E-state index contributed by atoms with van der Waals surface area (Å²) in [7, 11) is 3.06. The molecule has 0 spiro atoms. The first-order valence-electron chi connectivity index (χ1n) is 8.91. The van der Waals surface area contributed by atoms with Gasteiger partial charge in [0.2, 0.25) is 17.7 Å². The van der Waals surface area contributed by atoms with Crippen LogP contribution in [0.15, 0.2) is 18.2 Å². The molecule has 2 aliphatic rings. The van der Waals surface area contributed by atoms with E-state index in [1.807, 2.05) is 0 Å². The molecule has 1 saturated carbocycles. The fourth-order valence-corrected chi connectivity index (χ4v) is 3.77. The summed E-state index contributed by atoms with van der Waals surface area (Å²) in [5.74, 6) is 0.271. The quantitative estimate of drug-likeness (QED) is 0.786. The van der Waals surface area contributed by atoms with E-state index in [4.69, 9.17) is 9.47 Å². The van der Waals surface area contributed by atoms with Crippen molar-refractivity contribution in [2.75, 3.05) is 26.1 Å². The maximum Gasteiger partial charge on any atom is 0.233 e. The van der Waals surface area contributed by atoms with Crippen LogP contribution in [-0.4, -0.2) is 43.4 Å². The van der Waals surface area contributed by atoms with Gasteiger partial charge in [-0.1, -0.05) is 12.8 Å². The first kappa shape index (κ1) is 18.2. The molecule has 1 aliphatic heterocycles. The minimum atomic E-state index is -0.268. The lowest BCUT2D eigenvalue weighted by atomic mass is 9.81. The van der Waals surface area contributed by atoms with Crippen molar-refractivity contribution < 1.29 is 23.9 Å². The Labute approximate surface area is 152 Å². The number of nitrogens with one attached hydrogen (secondary N) is 1. The van der Waals surface area contributed by atoms with Gasteiger partial charge in [-0.2, -0.15) is 0 Å². The highest BCUT2D eigenvalue weighted by molar-refractivity contribution is 6.05. The Morgan fingerprint density at radius 3 is 2.08 bits per heavy atom. The first-order valence-corrected chi connectivity index (χ1v) is 8.91. The zero-order valence-corrected chi connectivity index (χ0v) is 15.1. The van der Waals surface area contributed by atoms with Gasteiger partial charge in [0.1, 0.15) is 11.5 Å². The Balaban J connectivity index is 1.59. The van der Waals surface area contributed by atoms with Gasteiger partial charge in [-0.05, 0) is 12.8 Å². The molecular formula is C19H24N2O5. The molecule has 1 saturated heterocycles. The Morgan fingerprint density at radius 2 is 1.58 bits per heavy atom. The third-order valence-electron chi connectivity index (χ3n) is 5.13. The molecular weight excluding hydrogens is 336 g/mol. The largest absolute Gasteiger partial charge is 0.497 e. The number of hydrogen-bond donors (Lipinski definition) is 1. The van der Waals surface area contributed by atoms with Crippen LogP contribution in [0.5, 0.6) is 11.5 Å². The van der Waals surface area contributed by atoms with Crippen molar-refractivity contribution in [3.63, 3.8) is 0 Å². The van der Waals surface area contributed by atoms with Crippen molar-refractivity contribution in [3.05, 3.63) is 18.2 Å². The summed E-state index contributed by atoms with van der Waals surface area (Å²) in [6, 6.07) is 5.07. The molecule has 1 heterocycles. The maximum atomic E-state index is 12.4. The van der Waals surface area contributed by atoms with Crippen LogP contribution in [0, 0.1) is 11.8 Å². The van der Waals surface area contributed by atoms with E-state index in [2.05, 4.69) is 5.32 Å². The minimum absolute atomic E-state index is 0.0659. The molecule has 0 unspecified atom stereocenters. The number of methoxy groups -OCH3 is 2. The number of rotatable bonds is 6. The molecule has 0 bridgehead atoms. The monoisotopic (exact) mass is 360 g/mol. The summed E-state index contributed by atoms with van der Waals surface area (Å²) in [4.78, 5) is 38.4. The van der Waals surface area contributed by atoms with Gasteiger partial charge >= 0.3 is 0 Å². The molecule has 1 aromatic rings. The molecule has 3 amide bonds. The minimum Gasteiger partial charge on any atom is -0.497 e. The maximum absolute atomic E-state index is 12.4. The molecule has 0 radical (unpaired) electrons. The molecule has 3 rings (SSSR count). The number of ether oxygens (including phenoxy) is 2. The average Bonchev–Trinajstić information content (AvgIpc) is 2.90. The highest BCUT2D eigenvalue weighted by Crippen LogP contribution is 2.38. The third kappa shape index (κ3) is 3.66. The summed E-state index contributed by atoms with van der Waals surface area (Å²) in [5.41, 5.74) is 0.541. The van der Waals surface area contributed by atoms with Crippen LogP contribution in [0.2, 0.25) is 0 Å². The van der Waals surface area contributed by atoms with Crippen molar-refractivity contribution >= 4 is 23.4 Å². The lowest BCUT2D eigenvalue weighted by Gasteiger charge is -2.19. The number of imide groups is 1. The van der Waals surface area contributed by atoms with Gasteiger partial charge in [-0.3, -0.25) is 19.3 Å². The number of fused-ring (bicyclic) bond motifs is 1. The fraction of sp³-hybridized carbons (Fsp3) is 0.526. The van der Waals surface area contributed by atoms with E-state index in [-0.39, 0.29) is 42.5 Å². The molecule has 1 aromatic carbocycles. The molecule has 7 heteroatoms. The Kier molecular flexibility index (Phi) is 5.44. The molecule has 0 aromatic heterocycles. The predicted molar refractivity (Wildman–Crippen MR) is 95.0 cm³/mol. The van der Waals surface area contributed by atoms with Gasteiger partial charge in [-0.25, -0.2) is 0 Å². The van der Waals surface area contributed by atoms with Crippen LogP contribution in [-0.2, 0) is 14.4 Å². The van der Waals surface area contributed by atoms with Gasteiger partial charge in [-0.15, -0.1) is 0 Å². The van der Waals surface area contributed by atoms with Crippen molar-refractivity contribution in [2.24, 2.45) is 11.8 Å². The normalized spacial score (nSPS) is 22.2. The van der Waals surface area contributed by atoms with Crippen LogP contribution >= 0.6 is 0 Å². The van der Waals surface area contributed by atoms with Crippen molar-refractivity contribution in [3.8, 4) is 11.5 Å². The second kappa shape index (κ2) is 7.76. The second-order valence-corrected chi connectivity index (χ2v) is 6.73. The smallest absolute Gasteiger partial charge is 0.233 e. The van der Waals surface area contributed by atoms with E-state index < -0.39 is 0 Å². The predicted octanol–water partition coefficient (Wildman–Crippen LogP) is 2.21. The summed E-state index contributed by atoms with van der Waals surface area (Å²) in [5, 5.41) is 2.76. The molecule has 2 atom stereocenters. The van der Waals surface area contributed by atoms with Crippen molar-refractivity contribution in [1.29, 1.82) is 0 Å². The molecule has 1 aliphatic carbocycles. The fourth-order valence-electron chi connectivity index (χ4n) is 3.77. The Bertz CT molecular complexity index is 672. The van der Waals surface area contributed by atoms with Gasteiger partial charge in [0.25, 0.3) is 0 Å². The lowest BCUT2D eigenvalue weighted by Crippen LogP contribution is -2.34. The summed E-state index contributed by atoms with van der Waals surface area (Å²) in [6.45, 7) is 0.123. The van der Waals surface area contributed by atoms with Gasteiger partial charge < -0.3 is 14.8 Å². The average molecular weight is 360 g/mol. The highest BCUT2D eigenvalue weighted by atomic mass is 16.5. The number of anilines is 1.